The molecule has 4 heteroatoms. The Morgan fingerprint density at radius 1 is 1.29 bits per heavy atom. The number of nitrogens with zero attached hydrogens (tertiary/aromatic N) is 2. The van der Waals surface area contributed by atoms with E-state index in [1.165, 1.54) is 5.56 Å². The number of nitrogens with two attached hydrogens (primary N) is 1. The first kappa shape index (κ1) is 11.9. The number of aromatic nitrogens is 1. The lowest BCUT2D eigenvalue weighted by Crippen LogP contribution is -2.17. The van der Waals surface area contributed by atoms with E-state index >= 15 is 0 Å². The maximum atomic E-state index is 5.75. The quantitative estimate of drug-likeness (QED) is 0.884. The van der Waals surface area contributed by atoms with Gasteiger partial charge in [0, 0.05) is 29.9 Å². The Kier molecular flexibility index (Phi) is 3.64. The van der Waals surface area contributed by atoms with Gasteiger partial charge in [0.2, 0.25) is 0 Å². The Morgan fingerprint density at radius 2 is 2.12 bits per heavy atom. The van der Waals surface area contributed by atoms with E-state index in [0.29, 0.717) is 0 Å². The fourth-order valence-electron chi connectivity index (χ4n) is 1.64. The fraction of sp³-hybridized carbons (Fsp3) is 0.154. The largest absolute Gasteiger partial charge is 0.399 e. The lowest BCUT2D eigenvalue weighted by Gasteiger charge is -2.18. The third-order valence-corrected chi connectivity index (χ3v) is 2.94. The molecule has 2 rings (SSSR count). The highest BCUT2D eigenvalue weighted by Gasteiger charge is 2.03. The molecular formula is C13H14BrN3. The van der Waals surface area contributed by atoms with Crippen LogP contribution in [0.15, 0.2) is 47.1 Å². The molecule has 2 N–H and O–H groups in total. The Labute approximate surface area is 109 Å². The van der Waals surface area contributed by atoms with Gasteiger partial charge in [0.05, 0.1) is 0 Å². The van der Waals surface area contributed by atoms with E-state index in [9.17, 15) is 0 Å². The molecule has 1 aromatic heterocycles. The Bertz CT molecular complexity index is 496. The lowest BCUT2D eigenvalue weighted by molar-refractivity contribution is 0.898. The summed E-state index contributed by atoms with van der Waals surface area (Å²) in [5.41, 5.74) is 7.72. The minimum atomic E-state index is 0.791. The second-order valence-electron chi connectivity index (χ2n) is 3.94. The highest BCUT2D eigenvalue weighted by molar-refractivity contribution is 9.10. The number of anilines is 2. The molecule has 2 aromatic rings. The Hall–Kier alpha value is -1.55. The summed E-state index contributed by atoms with van der Waals surface area (Å²) in [6.07, 6.45) is 1.80. The number of hydrogen-bond acceptors (Lipinski definition) is 3. The van der Waals surface area contributed by atoms with Gasteiger partial charge >= 0.3 is 0 Å². The monoisotopic (exact) mass is 291 g/mol. The molecule has 1 heterocycles. The van der Waals surface area contributed by atoms with Gasteiger partial charge in [-0.05, 0) is 45.8 Å². The molecule has 17 heavy (non-hydrogen) atoms. The summed E-state index contributed by atoms with van der Waals surface area (Å²) in [4.78, 5) is 6.43. The Balaban J connectivity index is 2.11. The first-order chi connectivity index (χ1) is 8.15. The van der Waals surface area contributed by atoms with Gasteiger partial charge in [0.15, 0.2) is 0 Å². The standard InChI is InChI=1S/C13H14BrN3/c1-17(13-6-5-11(14)8-16-13)9-10-3-2-4-12(15)7-10/h2-8H,9,15H2,1H3. The predicted octanol–water partition coefficient (Wildman–Crippen LogP) is 3.06. The molecule has 0 bridgehead atoms. The van der Waals surface area contributed by atoms with Gasteiger partial charge in [0.1, 0.15) is 5.82 Å². The molecule has 0 spiro atoms. The summed E-state index contributed by atoms with van der Waals surface area (Å²) in [5.74, 6) is 0.940. The lowest BCUT2D eigenvalue weighted by atomic mass is 10.2. The summed E-state index contributed by atoms with van der Waals surface area (Å²) in [6.45, 7) is 0.791. The van der Waals surface area contributed by atoms with Gasteiger partial charge in [-0.2, -0.15) is 0 Å². The zero-order valence-corrected chi connectivity index (χ0v) is 11.2. The summed E-state index contributed by atoms with van der Waals surface area (Å²) in [5, 5.41) is 0. The summed E-state index contributed by atoms with van der Waals surface area (Å²) >= 11 is 3.37. The van der Waals surface area contributed by atoms with Crippen molar-refractivity contribution in [2.45, 2.75) is 6.54 Å². The highest BCUT2D eigenvalue weighted by atomic mass is 79.9. The van der Waals surface area contributed by atoms with Crippen molar-refractivity contribution in [1.82, 2.24) is 4.98 Å². The summed E-state index contributed by atoms with van der Waals surface area (Å²) in [6, 6.07) is 11.9. The molecule has 0 atom stereocenters. The topological polar surface area (TPSA) is 42.1 Å². The molecule has 0 radical (unpaired) electrons. The van der Waals surface area contributed by atoms with Crippen LogP contribution >= 0.6 is 15.9 Å². The van der Waals surface area contributed by atoms with Crippen LogP contribution in [0.3, 0.4) is 0 Å². The zero-order valence-electron chi connectivity index (χ0n) is 9.60. The molecule has 0 aliphatic heterocycles. The van der Waals surface area contributed by atoms with Gasteiger partial charge in [-0.3, -0.25) is 0 Å². The van der Waals surface area contributed by atoms with Gasteiger partial charge in [-0.15, -0.1) is 0 Å². The molecule has 0 saturated carbocycles. The van der Waals surface area contributed by atoms with E-state index in [0.717, 1.165) is 22.5 Å². The van der Waals surface area contributed by atoms with Crippen LogP contribution in [0.25, 0.3) is 0 Å². The van der Waals surface area contributed by atoms with Crippen molar-refractivity contribution in [2.24, 2.45) is 0 Å². The van der Waals surface area contributed by atoms with Crippen LogP contribution in [0.2, 0.25) is 0 Å². The fourth-order valence-corrected chi connectivity index (χ4v) is 1.87. The van der Waals surface area contributed by atoms with Crippen LogP contribution in [0.5, 0.6) is 0 Å². The van der Waals surface area contributed by atoms with Gasteiger partial charge in [-0.1, -0.05) is 12.1 Å². The van der Waals surface area contributed by atoms with E-state index in [4.69, 9.17) is 5.73 Å². The van der Waals surface area contributed by atoms with Crippen molar-refractivity contribution >= 4 is 27.4 Å². The third kappa shape index (κ3) is 3.20. The van der Waals surface area contributed by atoms with Gasteiger partial charge in [-0.25, -0.2) is 4.98 Å². The van der Waals surface area contributed by atoms with Gasteiger partial charge in [0.25, 0.3) is 0 Å². The van der Waals surface area contributed by atoms with Crippen molar-refractivity contribution in [3.63, 3.8) is 0 Å². The predicted molar refractivity (Wildman–Crippen MR) is 74.9 cm³/mol. The number of benzene rings is 1. The molecule has 0 fully saturated rings. The molecule has 0 saturated heterocycles. The van der Waals surface area contributed by atoms with Crippen LogP contribution in [0.4, 0.5) is 11.5 Å². The van der Waals surface area contributed by atoms with E-state index < -0.39 is 0 Å². The molecule has 0 amide bonds. The average molecular weight is 292 g/mol. The zero-order chi connectivity index (χ0) is 12.3. The first-order valence-corrected chi connectivity index (χ1v) is 6.11. The minimum absolute atomic E-state index is 0.791. The Morgan fingerprint density at radius 3 is 2.76 bits per heavy atom. The average Bonchev–Trinajstić information content (AvgIpc) is 2.29. The normalized spacial score (nSPS) is 10.2. The number of hydrogen-bond donors (Lipinski definition) is 1. The number of pyridine rings is 1. The third-order valence-electron chi connectivity index (χ3n) is 2.47. The van der Waals surface area contributed by atoms with Crippen molar-refractivity contribution in [1.29, 1.82) is 0 Å². The SMILES string of the molecule is CN(Cc1cccc(N)c1)c1ccc(Br)cn1. The van der Waals surface area contributed by atoms with Crippen molar-refractivity contribution in [3.8, 4) is 0 Å². The van der Waals surface area contributed by atoms with Crippen molar-refractivity contribution in [3.05, 3.63) is 52.6 Å². The first-order valence-electron chi connectivity index (χ1n) is 5.32. The second kappa shape index (κ2) is 5.19. The minimum Gasteiger partial charge on any atom is -0.399 e. The summed E-state index contributed by atoms with van der Waals surface area (Å²) in [7, 11) is 2.01. The second-order valence-corrected chi connectivity index (χ2v) is 4.85. The summed E-state index contributed by atoms with van der Waals surface area (Å²) < 4.78 is 0.985. The van der Waals surface area contributed by atoms with E-state index in [2.05, 4.69) is 31.9 Å². The highest BCUT2D eigenvalue weighted by Crippen LogP contribution is 2.16. The van der Waals surface area contributed by atoms with Crippen LogP contribution in [-0.4, -0.2) is 12.0 Å². The molecule has 0 aliphatic rings. The van der Waals surface area contributed by atoms with Crippen LogP contribution in [-0.2, 0) is 6.54 Å². The van der Waals surface area contributed by atoms with Gasteiger partial charge < -0.3 is 10.6 Å². The molecule has 88 valence electrons. The molecule has 1 aromatic carbocycles. The van der Waals surface area contributed by atoms with Crippen LogP contribution in [0.1, 0.15) is 5.56 Å². The molecule has 3 nitrogen and oxygen atoms in total. The van der Waals surface area contributed by atoms with Crippen LogP contribution in [0, 0.1) is 0 Å². The smallest absolute Gasteiger partial charge is 0.128 e. The molecule has 0 aliphatic carbocycles. The van der Waals surface area contributed by atoms with Crippen molar-refractivity contribution in [2.75, 3.05) is 17.7 Å². The van der Waals surface area contributed by atoms with E-state index in [-0.39, 0.29) is 0 Å². The molecule has 0 unspecified atom stereocenters. The van der Waals surface area contributed by atoms with E-state index in [1.807, 2.05) is 37.4 Å². The number of nitrogen functional groups attached to an aromatic ring is 1. The van der Waals surface area contributed by atoms with E-state index in [1.54, 1.807) is 6.20 Å². The maximum Gasteiger partial charge on any atom is 0.128 e. The number of rotatable bonds is 3. The van der Waals surface area contributed by atoms with Crippen LogP contribution < -0.4 is 10.6 Å². The number of halogens is 1. The molecular weight excluding hydrogens is 278 g/mol. The van der Waals surface area contributed by atoms with Crippen molar-refractivity contribution < 1.29 is 0 Å². The maximum absolute atomic E-state index is 5.75.